The van der Waals surface area contributed by atoms with Crippen LogP contribution in [-0.4, -0.2) is 29.5 Å². The van der Waals surface area contributed by atoms with E-state index in [2.05, 4.69) is 16.0 Å². The Balaban J connectivity index is 1.69. The molecule has 0 saturated heterocycles. The largest absolute Gasteiger partial charge is 0.329 e. The van der Waals surface area contributed by atoms with Crippen LogP contribution in [0.3, 0.4) is 0 Å². The number of para-hydroxylation sites is 2. The number of hydrogen-bond acceptors (Lipinski definition) is 4. The first-order valence-electron chi connectivity index (χ1n) is 9.18. The van der Waals surface area contributed by atoms with Crippen molar-refractivity contribution < 1.29 is 4.79 Å². The van der Waals surface area contributed by atoms with Crippen molar-refractivity contribution >= 4 is 23.1 Å². The highest BCUT2D eigenvalue weighted by molar-refractivity contribution is 6.05. The van der Waals surface area contributed by atoms with Gasteiger partial charge in [-0.3, -0.25) is 4.79 Å². The number of amides is 1. The van der Waals surface area contributed by atoms with Crippen LogP contribution in [0, 0.1) is 6.92 Å². The van der Waals surface area contributed by atoms with Crippen molar-refractivity contribution in [2.75, 3.05) is 23.4 Å². The highest BCUT2D eigenvalue weighted by Crippen LogP contribution is 2.29. The van der Waals surface area contributed by atoms with Crippen LogP contribution in [0.4, 0.5) is 17.2 Å². The van der Waals surface area contributed by atoms with Crippen molar-refractivity contribution in [1.29, 1.82) is 0 Å². The zero-order chi connectivity index (χ0) is 18.8. The van der Waals surface area contributed by atoms with Crippen LogP contribution >= 0.6 is 0 Å². The Labute approximate surface area is 159 Å². The zero-order valence-corrected chi connectivity index (χ0v) is 15.6. The van der Waals surface area contributed by atoms with Crippen LogP contribution in [0.25, 0.3) is 0 Å². The molecule has 1 aliphatic heterocycles. The van der Waals surface area contributed by atoms with Crippen LogP contribution in [0.2, 0.25) is 0 Å². The lowest BCUT2D eigenvalue weighted by atomic mass is 10.0. The lowest BCUT2D eigenvalue weighted by Crippen LogP contribution is -2.36. The molecule has 136 valence electrons. The smallest absolute Gasteiger partial charge is 0.277 e. The number of benzene rings is 2. The molecule has 0 bridgehead atoms. The average molecular weight is 358 g/mol. The molecule has 2 aromatic carbocycles. The molecule has 1 aliphatic rings. The Hall–Kier alpha value is -3.21. The van der Waals surface area contributed by atoms with Gasteiger partial charge in [-0.1, -0.05) is 36.4 Å². The molecule has 1 amide bonds. The summed E-state index contributed by atoms with van der Waals surface area (Å²) in [5.41, 5.74) is 3.64. The van der Waals surface area contributed by atoms with Crippen LogP contribution in [0.5, 0.6) is 0 Å². The normalized spacial score (nSPS) is 13.2. The summed E-state index contributed by atoms with van der Waals surface area (Å²) in [5.74, 6) is 1.22. The third-order valence-electron chi connectivity index (χ3n) is 4.89. The molecule has 0 N–H and O–H groups in total. The van der Waals surface area contributed by atoms with Gasteiger partial charge in [-0.15, -0.1) is 0 Å². The molecule has 1 aromatic heterocycles. The molecule has 0 radical (unpaired) electrons. The van der Waals surface area contributed by atoms with E-state index in [-0.39, 0.29) is 5.91 Å². The fourth-order valence-corrected chi connectivity index (χ4v) is 3.50. The van der Waals surface area contributed by atoms with Gasteiger partial charge in [0.1, 0.15) is 17.3 Å². The molecule has 2 heterocycles. The molecule has 4 rings (SSSR count). The van der Waals surface area contributed by atoms with Gasteiger partial charge >= 0.3 is 0 Å². The van der Waals surface area contributed by atoms with Gasteiger partial charge in [0, 0.05) is 31.0 Å². The minimum Gasteiger partial charge on any atom is -0.329 e. The minimum absolute atomic E-state index is 0.0737. The lowest BCUT2D eigenvalue weighted by molar-refractivity contribution is 0.0980. The van der Waals surface area contributed by atoms with E-state index in [1.807, 2.05) is 72.3 Å². The Bertz CT molecular complexity index is 971. The first kappa shape index (κ1) is 17.2. The number of carbonyl (C=O) groups is 1. The monoisotopic (exact) mass is 358 g/mol. The molecule has 5 heteroatoms. The standard InChI is InChI=1S/C22H22N4O/c1-16-23-19(15-21(24-16)25(2)18-11-4-3-5-12-18)22(27)26-14-8-10-17-9-6-7-13-20(17)26/h3-7,9,11-13,15H,8,10,14H2,1-2H3. The van der Waals surface area contributed by atoms with Crippen molar-refractivity contribution in [3.8, 4) is 0 Å². The number of hydrogen-bond donors (Lipinski definition) is 0. The number of fused-ring (bicyclic) bond motifs is 1. The Morgan fingerprint density at radius 3 is 2.59 bits per heavy atom. The molecular formula is C22H22N4O. The first-order chi connectivity index (χ1) is 13.1. The fourth-order valence-electron chi connectivity index (χ4n) is 3.50. The highest BCUT2D eigenvalue weighted by Gasteiger charge is 2.25. The van der Waals surface area contributed by atoms with Gasteiger partial charge in [-0.25, -0.2) is 9.97 Å². The van der Waals surface area contributed by atoms with E-state index >= 15 is 0 Å². The molecule has 0 spiro atoms. The number of nitrogens with zero attached hydrogens (tertiary/aromatic N) is 4. The van der Waals surface area contributed by atoms with Crippen LogP contribution in [-0.2, 0) is 6.42 Å². The molecule has 0 saturated carbocycles. The van der Waals surface area contributed by atoms with Crippen molar-refractivity contribution in [3.05, 3.63) is 77.7 Å². The maximum absolute atomic E-state index is 13.2. The summed E-state index contributed by atoms with van der Waals surface area (Å²) < 4.78 is 0. The second-order valence-corrected chi connectivity index (χ2v) is 6.74. The summed E-state index contributed by atoms with van der Waals surface area (Å²) in [4.78, 5) is 26.0. The van der Waals surface area contributed by atoms with E-state index in [4.69, 9.17) is 0 Å². The summed E-state index contributed by atoms with van der Waals surface area (Å²) >= 11 is 0. The first-order valence-corrected chi connectivity index (χ1v) is 9.18. The number of rotatable bonds is 3. The Morgan fingerprint density at radius 1 is 1.04 bits per heavy atom. The van der Waals surface area contributed by atoms with Crippen molar-refractivity contribution in [2.45, 2.75) is 19.8 Å². The van der Waals surface area contributed by atoms with Crippen LogP contribution in [0.15, 0.2) is 60.7 Å². The van der Waals surface area contributed by atoms with Gasteiger partial charge in [0.25, 0.3) is 5.91 Å². The average Bonchev–Trinajstić information content (AvgIpc) is 2.72. The number of carbonyl (C=O) groups excluding carboxylic acids is 1. The van der Waals surface area contributed by atoms with Crippen molar-refractivity contribution in [1.82, 2.24) is 9.97 Å². The maximum atomic E-state index is 13.2. The lowest BCUT2D eigenvalue weighted by Gasteiger charge is -2.29. The third kappa shape index (κ3) is 3.40. The minimum atomic E-state index is -0.0737. The van der Waals surface area contributed by atoms with Gasteiger partial charge in [0.05, 0.1) is 0 Å². The predicted octanol–water partition coefficient (Wildman–Crippen LogP) is 4.15. The van der Waals surface area contributed by atoms with Gasteiger partial charge in [0.2, 0.25) is 0 Å². The quantitative estimate of drug-likeness (QED) is 0.706. The molecule has 27 heavy (non-hydrogen) atoms. The van der Waals surface area contributed by atoms with Gasteiger partial charge < -0.3 is 9.80 Å². The van der Waals surface area contributed by atoms with E-state index < -0.39 is 0 Å². The van der Waals surface area contributed by atoms with Crippen molar-refractivity contribution in [2.24, 2.45) is 0 Å². The van der Waals surface area contributed by atoms with E-state index in [1.54, 1.807) is 6.07 Å². The topological polar surface area (TPSA) is 49.3 Å². The number of aromatic nitrogens is 2. The molecule has 0 fully saturated rings. The van der Waals surface area contributed by atoms with E-state index in [0.29, 0.717) is 23.9 Å². The summed E-state index contributed by atoms with van der Waals surface area (Å²) in [7, 11) is 1.95. The van der Waals surface area contributed by atoms with Gasteiger partial charge in [-0.2, -0.15) is 0 Å². The molecule has 0 aliphatic carbocycles. The molecule has 0 atom stereocenters. The number of anilines is 3. The van der Waals surface area contributed by atoms with Crippen LogP contribution < -0.4 is 9.80 Å². The zero-order valence-electron chi connectivity index (χ0n) is 15.6. The Morgan fingerprint density at radius 2 is 1.78 bits per heavy atom. The molecule has 0 unspecified atom stereocenters. The maximum Gasteiger partial charge on any atom is 0.277 e. The molecule has 3 aromatic rings. The summed E-state index contributed by atoms with van der Waals surface area (Å²) in [6.45, 7) is 2.53. The van der Waals surface area contributed by atoms with Gasteiger partial charge in [-0.05, 0) is 43.5 Å². The second kappa shape index (κ2) is 7.19. The second-order valence-electron chi connectivity index (χ2n) is 6.74. The van der Waals surface area contributed by atoms with Crippen molar-refractivity contribution in [3.63, 3.8) is 0 Å². The molecular weight excluding hydrogens is 336 g/mol. The molecule has 5 nitrogen and oxygen atoms in total. The fraction of sp³-hybridized carbons (Fsp3) is 0.227. The van der Waals surface area contributed by atoms with E-state index in [0.717, 1.165) is 24.2 Å². The van der Waals surface area contributed by atoms with E-state index in [9.17, 15) is 4.79 Å². The summed E-state index contributed by atoms with van der Waals surface area (Å²) in [5, 5.41) is 0. The SMILES string of the molecule is Cc1nc(C(=O)N2CCCc3ccccc32)cc(N(C)c2ccccc2)n1. The third-order valence-corrected chi connectivity index (χ3v) is 4.89. The summed E-state index contributed by atoms with van der Waals surface area (Å²) in [6, 6.07) is 19.8. The Kier molecular flexibility index (Phi) is 4.59. The van der Waals surface area contributed by atoms with Gasteiger partial charge in [0.15, 0.2) is 0 Å². The highest BCUT2D eigenvalue weighted by atomic mass is 16.2. The van der Waals surface area contributed by atoms with E-state index in [1.165, 1.54) is 5.56 Å². The summed E-state index contributed by atoms with van der Waals surface area (Å²) in [6.07, 6.45) is 1.97. The number of aryl methyl sites for hydroxylation is 2. The van der Waals surface area contributed by atoms with Crippen LogP contribution in [0.1, 0.15) is 28.3 Å². The predicted molar refractivity (Wildman–Crippen MR) is 108 cm³/mol.